The van der Waals surface area contributed by atoms with Crippen LogP contribution in [0.15, 0.2) is 36.4 Å². The third kappa shape index (κ3) is 3.26. The van der Waals surface area contributed by atoms with Gasteiger partial charge in [-0.25, -0.2) is 0 Å². The minimum atomic E-state index is -1.63. The summed E-state index contributed by atoms with van der Waals surface area (Å²) >= 11 is 9.85. The molecule has 0 aliphatic heterocycles. The van der Waals surface area contributed by atoms with E-state index in [-0.39, 0.29) is 0 Å². The lowest BCUT2D eigenvalue weighted by molar-refractivity contribution is 0.602. The molecular formula is C15H15OPS3. The van der Waals surface area contributed by atoms with Gasteiger partial charge in [0, 0.05) is 5.30 Å². The van der Waals surface area contributed by atoms with Crippen LogP contribution in [0.3, 0.4) is 0 Å². The molecule has 20 heavy (non-hydrogen) atoms. The van der Waals surface area contributed by atoms with Crippen LogP contribution < -0.4 is 5.30 Å². The molecule has 2 aromatic carbocycles. The van der Waals surface area contributed by atoms with Crippen LogP contribution in [0.2, 0.25) is 0 Å². The Morgan fingerprint density at radius 2 is 1.45 bits per heavy atom. The van der Waals surface area contributed by atoms with Crippen molar-refractivity contribution in [2.24, 2.45) is 0 Å². The fourth-order valence-electron chi connectivity index (χ4n) is 2.47. The Bertz CT molecular complexity index is 812. The van der Waals surface area contributed by atoms with E-state index in [0.29, 0.717) is 0 Å². The summed E-state index contributed by atoms with van der Waals surface area (Å²) in [4.78, 5) is 0. The highest BCUT2D eigenvalue weighted by molar-refractivity contribution is 8.57. The van der Waals surface area contributed by atoms with Gasteiger partial charge in [-0.2, -0.15) is 0 Å². The molecule has 0 aliphatic carbocycles. The van der Waals surface area contributed by atoms with E-state index < -0.39 is 13.8 Å². The van der Waals surface area contributed by atoms with E-state index in [1.54, 1.807) is 0 Å². The average Bonchev–Trinajstić information content (AvgIpc) is 2.37. The van der Waals surface area contributed by atoms with Crippen LogP contribution in [0.4, 0.5) is 0 Å². The van der Waals surface area contributed by atoms with Crippen LogP contribution in [0, 0.1) is 20.8 Å². The number of hydrogen-bond donors (Lipinski definition) is 0. The molecule has 0 saturated carbocycles. The van der Waals surface area contributed by atoms with Crippen LogP contribution >= 0.6 is 6.58 Å². The van der Waals surface area contributed by atoms with Crippen molar-refractivity contribution in [1.29, 1.82) is 0 Å². The summed E-state index contributed by atoms with van der Waals surface area (Å²) in [6.45, 7) is 4.71. The molecule has 0 heterocycles. The second-order valence-electron chi connectivity index (χ2n) is 4.79. The zero-order chi connectivity index (χ0) is 14.9. The van der Waals surface area contributed by atoms with Crippen molar-refractivity contribution in [2.75, 3.05) is 0 Å². The molecule has 104 valence electrons. The van der Waals surface area contributed by atoms with E-state index in [2.05, 4.69) is 32.9 Å². The molecule has 0 aliphatic rings. The third-order valence-corrected chi connectivity index (χ3v) is 8.05. The lowest BCUT2D eigenvalue weighted by Crippen LogP contribution is -1.94. The maximum absolute atomic E-state index is 11.9. The molecule has 0 aromatic heterocycles. The molecule has 0 N–H and O–H groups in total. The third-order valence-electron chi connectivity index (χ3n) is 3.18. The molecular weight excluding hydrogens is 323 g/mol. The first-order valence-corrected chi connectivity index (χ1v) is 11.1. The maximum Gasteiger partial charge on any atom is 0.198 e. The number of hydrogen-bond acceptors (Lipinski definition) is 3. The SMILES string of the molecule is Cc1cc(C)c(-c2ccc(P(=O)=S(=S)=S)cc2)c(C)c1. The Balaban J connectivity index is 2.57. The summed E-state index contributed by atoms with van der Waals surface area (Å²) in [5, 5.41) is 0.750. The van der Waals surface area contributed by atoms with Crippen molar-refractivity contribution in [3.8, 4) is 11.1 Å². The first kappa shape index (κ1) is 15.6. The number of benzene rings is 2. The van der Waals surface area contributed by atoms with Gasteiger partial charge < -0.3 is 0 Å². The molecule has 2 rings (SSSR count). The molecule has 0 bridgehead atoms. The predicted octanol–water partition coefficient (Wildman–Crippen LogP) is 4.19. The Morgan fingerprint density at radius 3 is 1.90 bits per heavy atom. The van der Waals surface area contributed by atoms with Crippen molar-refractivity contribution in [3.05, 3.63) is 53.1 Å². The van der Waals surface area contributed by atoms with Gasteiger partial charge in [0.25, 0.3) is 0 Å². The average molecular weight is 338 g/mol. The molecule has 0 amide bonds. The normalized spacial score (nSPS) is 11.2. The number of aryl methyl sites for hydroxylation is 3. The van der Waals surface area contributed by atoms with E-state index in [0.717, 1.165) is 10.9 Å². The minimum absolute atomic E-state index is 0.750. The molecule has 5 heteroatoms. The Morgan fingerprint density at radius 1 is 0.950 bits per heavy atom. The van der Waals surface area contributed by atoms with Crippen LogP contribution in [-0.2, 0) is 34.1 Å². The summed E-state index contributed by atoms with van der Waals surface area (Å²) in [5.74, 6) is 0. The highest BCUT2D eigenvalue weighted by Gasteiger charge is 2.07. The standard InChI is InChI=1S/C15H15OPS3/c1-10-8-11(2)15(12(3)9-10)13-4-6-14(7-5-13)17(16)20(18)19/h4-9H,1-3H3. The molecule has 0 radical (unpaired) electrons. The van der Waals surface area contributed by atoms with Crippen molar-refractivity contribution < 1.29 is 4.57 Å². The van der Waals surface area contributed by atoms with Gasteiger partial charge in [0.1, 0.15) is 0 Å². The Labute approximate surface area is 130 Å². The van der Waals surface area contributed by atoms with Crippen molar-refractivity contribution in [1.82, 2.24) is 0 Å². The second-order valence-corrected chi connectivity index (χ2v) is 12.5. The Hall–Kier alpha value is -0.800. The molecule has 1 unspecified atom stereocenters. The van der Waals surface area contributed by atoms with E-state index in [9.17, 15) is 4.57 Å². The van der Waals surface area contributed by atoms with Crippen molar-refractivity contribution in [3.63, 3.8) is 0 Å². The fraction of sp³-hybridized carbons (Fsp3) is 0.200. The zero-order valence-electron chi connectivity index (χ0n) is 11.5. The highest BCUT2D eigenvalue weighted by Crippen LogP contribution is 2.28. The van der Waals surface area contributed by atoms with E-state index in [1.165, 1.54) is 22.3 Å². The van der Waals surface area contributed by atoms with Gasteiger partial charge in [0.15, 0.2) is 6.58 Å². The minimum Gasteiger partial charge on any atom is -0.265 e. The molecule has 1 nitrogen and oxygen atoms in total. The summed E-state index contributed by atoms with van der Waals surface area (Å²) in [6.07, 6.45) is 0. The van der Waals surface area contributed by atoms with Crippen LogP contribution in [0.25, 0.3) is 11.1 Å². The number of rotatable bonds is 2. The highest BCUT2D eigenvalue weighted by atomic mass is 33.2. The quantitative estimate of drug-likeness (QED) is 0.765. The summed E-state index contributed by atoms with van der Waals surface area (Å²) in [6, 6.07) is 12.1. The topological polar surface area (TPSA) is 17.1 Å². The smallest absolute Gasteiger partial charge is 0.198 e. The van der Waals surface area contributed by atoms with Gasteiger partial charge >= 0.3 is 0 Å². The lowest BCUT2D eigenvalue weighted by Gasteiger charge is -2.11. The van der Waals surface area contributed by atoms with Gasteiger partial charge in [-0.15, -0.1) is 0 Å². The van der Waals surface area contributed by atoms with Crippen molar-refractivity contribution >= 4 is 41.4 Å². The zero-order valence-corrected chi connectivity index (χ0v) is 14.9. The van der Waals surface area contributed by atoms with Gasteiger partial charge in [-0.05, 0) is 84.7 Å². The first-order valence-electron chi connectivity index (χ1n) is 6.15. The van der Waals surface area contributed by atoms with Crippen LogP contribution in [0.1, 0.15) is 16.7 Å². The predicted molar refractivity (Wildman–Crippen MR) is 95.4 cm³/mol. The maximum atomic E-state index is 11.9. The summed E-state index contributed by atoms with van der Waals surface area (Å²) in [7, 11) is -0.898. The van der Waals surface area contributed by atoms with Gasteiger partial charge in [0.05, 0.1) is 0 Å². The fourth-order valence-corrected chi connectivity index (χ4v) is 5.47. The van der Waals surface area contributed by atoms with E-state index >= 15 is 0 Å². The molecule has 1 atom stereocenters. The summed E-state index contributed by atoms with van der Waals surface area (Å²) < 4.78 is 11.9. The lowest BCUT2D eigenvalue weighted by atomic mass is 9.94. The van der Waals surface area contributed by atoms with Gasteiger partial charge in [-0.1, -0.05) is 29.8 Å². The second kappa shape index (κ2) is 6.31. The van der Waals surface area contributed by atoms with Crippen molar-refractivity contribution in [2.45, 2.75) is 20.8 Å². The Kier molecular flexibility index (Phi) is 4.92. The summed E-state index contributed by atoms with van der Waals surface area (Å²) in [5.41, 5.74) is 6.16. The van der Waals surface area contributed by atoms with E-state index in [4.69, 9.17) is 22.4 Å². The van der Waals surface area contributed by atoms with E-state index in [1.807, 2.05) is 24.3 Å². The molecule has 0 spiro atoms. The first-order chi connectivity index (χ1) is 9.40. The molecule has 2 aromatic rings. The molecule has 0 fully saturated rings. The van der Waals surface area contributed by atoms with Crippen LogP contribution in [-0.4, -0.2) is 0 Å². The largest absolute Gasteiger partial charge is 0.265 e. The molecule has 0 saturated heterocycles. The van der Waals surface area contributed by atoms with Gasteiger partial charge in [0.2, 0.25) is 0 Å². The van der Waals surface area contributed by atoms with Crippen LogP contribution in [0.5, 0.6) is 0 Å². The van der Waals surface area contributed by atoms with Gasteiger partial charge in [-0.3, -0.25) is 4.57 Å². The monoisotopic (exact) mass is 338 g/mol.